The first kappa shape index (κ1) is 12.0. The van der Waals surface area contributed by atoms with Crippen LogP contribution in [-0.2, 0) is 11.3 Å². The van der Waals surface area contributed by atoms with Crippen molar-refractivity contribution in [3.8, 4) is 0 Å². The smallest absolute Gasteiger partial charge is 0.254 e. The number of rotatable bonds is 1. The molecular weight excluding hydrogens is 246 g/mol. The first-order chi connectivity index (χ1) is 9.08. The maximum Gasteiger partial charge on any atom is 0.254 e. The van der Waals surface area contributed by atoms with E-state index in [2.05, 4.69) is 5.32 Å². The van der Waals surface area contributed by atoms with E-state index in [0.29, 0.717) is 30.6 Å². The lowest BCUT2D eigenvalue weighted by atomic mass is 10.0. The Hall–Kier alpha value is -2.08. The van der Waals surface area contributed by atoms with E-state index in [1.807, 2.05) is 0 Å². The van der Waals surface area contributed by atoms with Gasteiger partial charge in [0.05, 0.1) is 6.04 Å². The lowest BCUT2D eigenvalue weighted by Gasteiger charge is -2.35. The fourth-order valence-electron chi connectivity index (χ4n) is 2.74. The monoisotopic (exact) mass is 261 g/mol. The molecule has 2 aliphatic heterocycles. The van der Waals surface area contributed by atoms with E-state index in [4.69, 9.17) is 5.73 Å². The molecule has 4 N–H and O–H groups in total. The van der Waals surface area contributed by atoms with E-state index in [1.165, 1.54) is 0 Å². The minimum Gasteiger partial charge on any atom is -0.398 e. The number of carbonyl (C=O) groups is 2. The number of piperidine rings is 1. The number of nitrogens with one attached hydrogen (secondary N) is 1. The Balaban J connectivity index is 1.88. The highest BCUT2D eigenvalue weighted by atomic mass is 16.3. The van der Waals surface area contributed by atoms with Crippen LogP contribution >= 0.6 is 0 Å². The van der Waals surface area contributed by atoms with Crippen LogP contribution in [0.4, 0.5) is 5.69 Å². The van der Waals surface area contributed by atoms with E-state index < -0.39 is 12.3 Å². The minimum absolute atomic E-state index is 0.137. The average molecular weight is 261 g/mol. The van der Waals surface area contributed by atoms with Gasteiger partial charge in [0.1, 0.15) is 6.23 Å². The van der Waals surface area contributed by atoms with E-state index >= 15 is 0 Å². The van der Waals surface area contributed by atoms with Crippen LogP contribution in [0.5, 0.6) is 0 Å². The molecule has 2 atom stereocenters. The van der Waals surface area contributed by atoms with E-state index in [0.717, 1.165) is 5.56 Å². The van der Waals surface area contributed by atoms with Crippen LogP contribution < -0.4 is 11.1 Å². The lowest BCUT2D eigenvalue weighted by Crippen LogP contribution is -2.55. The Morgan fingerprint density at radius 3 is 2.84 bits per heavy atom. The van der Waals surface area contributed by atoms with Gasteiger partial charge in [-0.3, -0.25) is 9.59 Å². The summed E-state index contributed by atoms with van der Waals surface area (Å²) in [6.45, 7) is 0.387. The fraction of sp³-hybridized carbons (Fsp3) is 0.385. The van der Waals surface area contributed by atoms with Crippen LogP contribution in [0, 0.1) is 0 Å². The molecule has 0 bridgehead atoms. The van der Waals surface area contributed by atoms with Crippen molar-refractivity contribution < 1.29 is 14.7 Å². The minimum atomic E-state index is -1.01. The summed E-state index contributed by atoms with van der Waals surface area (Å²) in [4.78, 5) is 25.1. The number of carbonyl (C=O) groups excluding carboxylic acids is 2. The summed E-state index contributed by atoms with van der Waals surface area (Å²) >= 11 is 0. The second kappa shape index (κ2) is 4.24. The zero-order valence-electron chi connectivity index (χ0n) is 10.3. The quantitative estimate of drug-likeness (QED) is 0.611. The van der Waals surface area contributed by atoms with Crippen LogP contribution in [0.1, 0.15) is 28.8 Å². The first-order valence-electron chi connectivity index (χ1n) is 6.23. The summed E-state index contributed by atoms with van der Waals surface area (Å²) in [5.74, 6) is -0.324. The second-order valence-electron chi connectivity index (χ2n) is 4.92. The number of nitrogens with two attached hydrogens (primary N) is 1. The Morgan fingerprint density at radius 1 is 1.37 bits per heavy atom. The van der Waals surface area contributed by atoms with Crippen molar-refractivity contribution in [1.82, 2.24) is 10.2 Å². The van der Waals surface area contributed by atoms with Crippen molar-refractivity contribution in [2.24, 2.45) is 0 Å². The number of nitrogen functional groups attached to an aromatic ring is 1. The maximum absolute atomic E-state index is 12.3. The number of anilines is 1. The molecule has 1 fully saturated rings. The summed E-state index contributed by atoms with van der Waals surface area (Å²) < 4.78 is 0. The van der Waals surface area contributed by atoms with Gasteiger partial charge < -0.3 is 21.1 Å². The highest BCUT2D eigenvalue weighted by molar-refractivity contribution is 6.00. The normalized spacial score (nSPS) is 26.3. The van der Waals surface area contributed by atoms with Gasteiger partial charge in [-0.1, -0.05) is 6.07 Å². The van der Waals surface area contributed by atoms with Crippen LogP contribution in [0.2, 0.25) is 0 Å². The van der Waals surface area contributed by atoms with E-state index in [-0.39, 0.29) is 11.8 Å². The van der Waals surface area contributed by atoms with Gasteiger partial charge in [-0.05, 0) is 18.6 Å². The number of aliphatic hydroxyl groups is 1. The van der Waals surface area contributed by atoms with Gasteiger partial charge >= 0.3 is 0 Å². The predicted octanol–water partition coefficient (Wildman–Crippen LogP) is -0.178. The van der Waals surface area contributed by atoms with Crippen molar-refractivity contribution in [2.75, 3.05) is 5.73 Å². The van der Waals surface area contributed by atoms with Crippen molar-refractivity contribution >= 4 is 17.5 Å². The summed E-state index contributed by atoms with van der Waals surface area (Å²) in [6, 6.07) is 4.85. The van der Waals surface area contributed by atoms with Crippen molar-refractivity contribution in [3.05, 3.63) is 29.3 Å². The van der Waals surface area contributed by atoms with Gasteiger partial charge in [-0.25, -0.2) is 0 Å². The van der Waals surface area contributed by atoms with Gasteiger partial charge in [0.15, 0.2) is 0 Å². The summed E-state index contributed by atoms with van der Waals surface area (Å²) in [6.07, 6.45) is -0.231. The number of aliphatic hydroxyl groups excluding tert-OH is 1. The lowest BCUT2D eigenvalue weighted by molar-refractivity contribution is -0.129. The van der Waals surface area contributed by atoms with Crippen LogP contribution in [0.3, 0.4) is 0 Å². The molecule has 6 heteroatoms. The summed E-state index contributed by atoms with van der Waals surface area (Å²) in [5.41, 5.74) is 7.85. The van der Waals surface area contributed by atoms with Crippen LogP contribution in [0.15, 0.2) is 18.2 Å². The molecule has 1 aromatic rings. The van der Waals surface area contributed by atoms with Crippen molar-refractivity contribution in [1.29, 1.82) is 0 Å². The Kier molecular flexibility index (Phi) is 2.67. The third kappa shape index (κ3) is 1.84. The molecule has 3 rings (SSSR count). The van der Waals surface area contributed by atoms with Gasteiger partial charge in [-0.2, -0.15) is 0 Å². The molecule has 2 heterocycles. The maximum atomic E-state index is 12.3. The molecule has 0 spiro atoms. The van der Waals surface area contributed by atoms with Crippen molar-refractivity contribution in [3.63, 3.8) is 0 Å². The SMILES string of the molecule is Nc1cccc2c1CN(C1CCC(=O)NC1O)C2=O. The largest absolute Gasteiger partial charge is 0.398 e. The number of benzene rings is 1. The zero-order chi connectivity index (χ0) is 13.6. The topological polar surface area (TPSA) is 95.7 Å². The van der Waals surface area contributed by atoms with Gasteiger partial charge in [0.25, 0.3) is 5.91 Å². The highest BCUT2D eigenvalue weighted by Gasteiger charge is 2.39. The molecule has 100 valence electrons. The molecule has 2 unspecified atom stereocenters. The fourth-order valence-corrected chi connectivity index (χ4v) is 2.74. The molecule has 19 heavy (non-hydrogen) atoms. The molecule has 0 saturated carbocycles. The van der Waals surface area contributed by atoms with Crippen LogP contribution in [0.25, 0.3) is 0 Å². The van der Waals surface area contributed by atoms with E-state index in [9.17, 15) is 14.7 Å². The van der Waals surface area contributed by atoms with Crippen molar-refractivity contribution in [2.45, 2.75) is 31.7 Å². The Morgan fingerprint density at radius 2 is 2.16 bits per heavy atom. The molecule has 1 saturated heterocycles. The summed E-state index contributed by atoms with van der Waals surface area (Å²) in [5, 5.41) is 12.4. The number of hydrogen-bond donors (Lipinski definition) is 3. The average Bonchev–Trinajstić information content (AvgIpc) is 2.69. The number of amides is 2. The Labute approximate surface area is 110 Å². The highest BCUT2D eigenvalue weighted by Crippen LogP contribution is 2.31. The predicted molar refractivity (Wildman–Crippen MR) is 67.9 cm³/mol. The molecule has 0 radical (unpaired) electrons. The molecule has 0 aliphatic carbocycles. The molecule has 2 amide bonds. The zero-order valence-corrected chi connectivity index (χ0v) is 10.3. The number of hydrogen-bond acceptors (Lipinski definition) is 4. The molecule has 6 nitrogen and oxygen atoms in total. The van der Waals surface area contributed by atoms with Crippen LogP contribution in [-0.4, -0.2) is 34.1 Å². The van der Waals surface area contributed by atoms with Gasteiger partial charge in [0, 0.05) is 29.8 Å². The van der Waals surface area contributed by atoms with Gasteiger partial charge in [0.2, 0.25) is 5.91 Å². The molecule has 2 aliphatic rings. The second-order valence-corrected chi connectivity index (χ2v) is 4.92. The molecule has 0 aromatic heterocycles. The van der Waals surface area contributed by atoms with Gasteiger partial charge in [-0.15, -0.1) is 0 Å². The number of fused-ring (bicyclic) bond motifs is 1. The first-order valence-corrected chi connectivity index (χ1v) is 6.23. The number of nitrogens with zero attached hydrogens (tertiary/aromatic N) is 1. The summed E-state index contributed by atoms with van der Waals surface area (Å²) in [7, 11) is 0. The third-order valence-electron chi connectivity index (χ3n) is 3.77. The molecule has 1 aromatic carbocycles. The Bertz CT molecular complexity index is 558. The standard InChI is InChI=1S/C13H15N3O3/c14-9-3-1-2-7-8(9)6-16(13(7)19)10-4-5-11(17)15-12(10)18/h1-3,10,12,18H,4-6,14H2,(H,15,17). The molecular formula is C13H15N3O3. The third-order valence-corrected chi connectivity index (χ3v) is 3.77. The van der Waals surface area contributed by atoms with E-state index in [1.54, 1.807) is 23.1 Å².